The third-order valence-corrected chi connectivity index (χ3v) is 3.90. The maximum absolute atomic E-state index is 5.82. The molecule has 2 heteroatoms. The molecule has 0 spiro atoms. The van der Waals surface area contributed by atoms with Crippen molar-refractivity contribution >= 4 is 0 Å². The van der Waals surface area contributed by atoms with Crippen molar-refractivity contribution in [3.05, 3.63) is 35.9 Å². The van der Waals surface area contributed by atoms with Crippen LogP contribution < -0.4 is 5.73 Å². The van der Waals surface area contributed by atoms with E-state index in [4.69, 9.17) is 5.73 Å². The van der Waals surface area contributed by atoms with Crippen molar-refractivity contribution in [2.75, 3.05) is 19.6 Å². The van der Waals surface area contributed by atoms with Gasteiger partial charge in [0, 0.05) is 12.6 Å². The topological polar surface area (TPSA) is 29.3 Å². The van der Waals surface area contributed by atoms with Crippen LogP contribution in [-0.4, -0.2) is 24.5 Å². The summed E-state index contributed by atoms with van der Waals surface area (Å²) in [6, 6.07) is 11.4. The Hall–Kier alpha value is -0.860. The molecule has 0 amide bonds. The van der Waals surface area contributed by atoms with Crippen LogP contribution in [0.15, 0.2) is 30.3 Å². The first-order valence-corrected chi connectivity index (χ1v) is 6.84. The fraction of sp³-hybridized carbons (Fsp3) is 0.600. The Morgan fingerprint density at radius 2 is 2.12 bits per heavy atom. The van der Waals surface area contributed by atoms with Crippen molar-refractivity contribution in [2.45, 2.75) is 32.2 Å². The zero-order chi connectivity index (χ0) is 12.1. The first-order valence-electron chi connectivity index (χ1n) is 6.84. The molecule has 94 valence electrons. The first-order chi connectivity index (χ1) is 8.35. The van der Waals surface area contributed by atoms with Crippen LogP contribution >= 0.6 is 0 Å². The molecule has 2 N–H and O–H groups in total. The van der Waals surface area contributed by atoms with Gasteiger partial charge in [-0.3, -0.25) is 4.90 Å². The molecule has 0 aliphatic carbocycles. The van der Waals surface area contributed by atoms with Crippen LogP contribution in [0.4, 0.5) is 0 Å². The van der Waals surface area contributed by atoms with E-state index in [1.54, 1.807) is 0 Å². The number of piperidine rings is 1. The van der Waals surface area contributed by atoms with E-state index < -0.39 is 0 Å². The number of nitrogens with zero attached hydrogens (tertiary/aromatic N) is 1. The summed E-state index contributed by atoms with van der Waals surface area (Å²) in [5, 5.41) is 0. The highest BCUT2D eigenvalue weighted by Crippen LogP contribution is 2.28. The summed E-state index contributed by atoms with van der Waals surface area (Å²) in [5.74, 6) is 0.696. The van der Waals surface area contributed by atoms with Crippen LogP contribution in [0.1, 0.15) is 37.8 Å². The van der Waals surface area contributed by atoms with Crippen molar-refractivity contribution < 1.29 is 0 Å². The Labute approximate surface area is 105 Å². The van der Waals surface area contributed by atoms with Crippen LogP contribution in [0.25, 0.3) is 0 Å². The molecule has 2 nitrogen and oxygen atoms in total. The third-order valence-electron chi connectivity index (χ3n) is 3.90. The molecule has 0 radical (unpaired) electrons. The summed E-state index contributed by atoms with van der Waals surface area (Å²) in [7, 11) is 0. The molecule has 1 heterocycles. The number of likely N-dealkylation sites (tertiary alicyclic amines) is 1. The summed E-state index contributed by atoms with van der Waals surface area (Å²) < 4.78 is 0. The van der Waals surface area contributed by atoms with Gasteiger partial charge in [-0.05, 0) is 43.8 Å². The van der Waals surface area contributed by atoms with Gasteiger partial charge in [-0.1, -0.05) is 37.3 Å². The molecule has 1 saturated heterocycles. The van der Waals surface area contributed by atoms with Crippen molar-refractivity contribution in [1.82, 2.24) is 4.90 Å². The summed E-state index contributed by atoms with van der Waals surface area (Å²) in [5.41, 5.74) is 7.27. The SMILES string of the molecule is CCC(c1ccccc1)N1CCCC(CN)C1. The Bertz CT molecular complexity index is 323. The number of nitrogens with two attached hydrogens (primary N) is 1. The summed E-state index contributed by atoms with van der Waals surface area (Å²) in [6.07, 6.45) is 3.78. The Kier molecular flexibility index (Phi) is 4.57. The van der Waals surface area contributed by atoms with E-state index in [0.29, 0.717) is 12.0 Å². The lowest BCUT2D eigenvalue weighted by molar-refractivity contribution is 0.122. The van der Waals surface area contributed by atoms with Crippen molar-refractivity contribution in [1.29, 1.82) is 0 Å². The highest BCUT2D eigenvalue weighted by atomic mass is 15.2. The van der Waals surface area contributed by atoms with Crippen LogP contribution in [0.2, 0.25) is 0 Å². The number of hydrogen-bond donors (Lipinski definition) is 1. The van der Waals surface area contributed by atoms with Gasteiger partial charge < -0.3 is 5.73 Å². The van der Waals surface area contributed by atoms with E-state index in [2.05, 4.69) is 42.2 Å². The Balaban J connectivity index is 2.08. The van der Waals surface area contributed by atoms with Crippen molar-refractivity contribution in [3.8, 4) is 0 Å². The van der Waals surface area contributed by atoms with Gasteiger partial charge >= 0.3 is 0 Å². The molecule has 17 heavy (non-hydrogen) atoms. The van der Waals surface area contributed by atoms with E-state index in [1.165, 1.54) is 37.9 Å². The van der Waals surface area contributed by atoms with Gasteiger partial charge in [0.05, 0.1) is 0 Å². The van der Waals surface area contributed by atoms with E-state index >= 15 is 0 Å². The lowest BCUT2D eigenvalue weighted by Crippen LogP contribution is -2.40. The number of hydrogen-bond acceptors (Lipinski definition) is 2. The molecule has 2 atom stereocenters. The van der Waals surface area contributed by atoms with Gasteiger partial charge in [0.25, 0.3) is 0 Å². The van der Waals surface area contributed by atoms with Crippen molar-refractivity contribution in [3.63, 3.8) is 0 Å². The van der Waals surface area contributed by atoms with Gasteiger partial charge in [0.15, 0.2) is 0 Å². The smallest absolute Gasteiger partial charge is 0.0345 e. The summed E-state index contributed by atoms with van der Waals surface area (Å²) in [4.78, 5) is 2.62. The fourth-order valence-corrected chi connectivity index (χ4v) is 2.95. The van der Waals surface area contributed by atoms with Crippen LogP contribution in [0.5, 0.6) is 0 Å². The molecule has 2 rings (SSSR count). The van der Waals surface area contributed by atoms with Crippen LogP contribution in [0, 0.1) is 5.92 Å². The number of benzene rings is 1. The molecular formula is C15H24N2. The zero-order valence-electron chi connectivity index (χ0n) is 10.8. The second kappa shape index (κ2) is 6.18. The normalized spacial score (nSPS) is 23.5. The average molecular weight is 232 g/mol. The molecule has 1 aromatic carbocycles. The maximum Gasteiger partial charge on any atom is 0.0345 e. The van der Waals surface area contributed by atoms with Gasteiger partial charge in [-0.25, -0.2) is 0 Å². The quantitative estimate of drug-likeness (QED) is 0.865. The molecule has 1 aliphatic heterocycles. The summed E-state index contributed by atoms with van der Waals surface area (Å²) in [6.45, 7) is 5.51. The molecule has 1 aliphatic rings. The van der Waals surface area contributed by atoms with E-state index in [9.17, 15) is 0 Å². The van der Waals surface area contributed by atoms with E-state index in [-0.39, 0.29) is 0 Å². The molecule has 2 unspecified atom stereocenters. The predicted molar refractivity (Wildman–Crippen MR) is 72.8 cm³/mol. The highest BCUT2D eigenvalue weighted by molar-refractivity contribution is 5.19. The summed E-state index contributed by atoms with van der Waals surface area (Å²) >= 11 is 0. The molecule has 0 bridgehead atoms. The maximum atomic E-state index is 5.82. The van der Waals surface area contributed by atoms with Gasteiger partial charge in [-0.15, -0.1) is 0 Å². The largest absolute Gasteiger partial charge is 0.330 e. The molecule has 1 fully saturated rings. The zero-order valence-corrected chi connectivity index (χ0v) is 10.8. The monoisotopic (exact) mass is 232 g/mol. The second-order valence-electron chi connectivity index (χ2n) is 5.07. The third kappa shape index (κ3) is 3.08. The Morgan fingerprint density at radius 3 is 2.76 bits per heavy atom. The Morgan fingerprint density at radius 1 is 1.35 bits per heavy atom. The highest BCUT2D eigenvalue weighted by Gasteiger charge is 2.24. The lowest BCUT2D eigenvalue weighted by Gasteiger charge is -2.38. The van der Waals surface area contributed by atoms with E-state index in [0.717, 1.165) is 6.54 Å². The molecule has 1 aromatic rings. The molecule has 0 saturated carbocycles. The van der Waals surface area contributed by atoms with Crippen LogP contribution in [0.3, 0.4) is 0 Å². The molecular weight excluding hydrogens is 208 g/mol. The first kappa shape index (κ1) is 12.6. The minimum atomic E-state index is 0.575. The average Bonchev–Trinajstić information content (AvgIpc) is 2.41. The van der Waals surface area contributed by atoms with Crippen molar-refractivity contribution in [2.24, 2.45) is 11.7 Å². The minimum Gasteiger partial charge on any atom is -0.330 e. The lowest BCUT2D eigenvalue weighted by atomic mass is 9.94. The van der Waals surface area contributed by atoms with Gasteiger partial charge in [-0.2, -0.15) is 0 Å². The van der Waals surface area contributed by atoms with E-state index in [1.807, 2.05) is 0 Å². The fourth-order valence-electron chi connectivity index (χ4n) is 2.95. The molecule has 0 aromatic heterocycles. The number of rotatable bonds is 4. The van der Waals surface area contributed by atoms with Gasteiger partial charge in [0.2, 0.25) is 0 Å². The predicted octanol–water partition coefficient (Wildman–Crippen LogP) is 2.81. The standard InChI is InChI=1S/C15H24N2/c1-2-15(14-8-4-3-5-9-14)17-10-6-7-13(11-16)12-17/h3-5,8-9,13,15H,2,6-7,10-12,16H2,1H3. The van der Waals surface area contributed by atoms with Crippen LogP contribution in [-0.2, 0) is 0 Å². The second-order valence-corrected chi connectivity index (χ2v) is 5.07. The minimum absolute atomic E-state index is 0.575. The van der Waals surface area contributed by atoms with Gasteiger partial charge in [0.1, 0.15) is 0 Å².